The van der Waals surface area contributed by atoms with E-state index in [-0.39, 0.29) is 17.9 Å². The van der Waals surface area contributed by atoms with Crippen molar-refractivity contribution in [2.75, 3.05) is 20.3 Å². The first-order valence-corrected chi connectivity index (χ1v) is 6.42. The fraction of sp³-hybridized carbons (Fsp3) is 0.500. The third-order valence-electron chi connectivity index (χ3n) is 2.79. The molecule has 0 aliphatic carbocycles. The molecule has 1 amide bonds. The zero-order valence-electron chi connectivity index (χ0n) is 11.1. The molecule has 0 aliphatic heterocycles. The highest BCUT2D eigenvalue weighted by Gasteiger charge is 2.16. The summed E-state index contributed by atoms with van der Waals surface area (Å²) in [5, 5.41) is 11.3. The van der Waals surface area contributed by atoms with Crippen LogP contribution in [-0.2, 0) is 0 Å². The van der Waals surface area contributed by atoms with Crippen molar-refractivity contribution < 1.29 is 19.0 Å². The maximum atomic E-state index is 13.6. The monoisotopic (exact) mass is 269 g/mol. The number of methoxy groups -OCH3 is 1. The van der Waals surface area contributed by atoms with E-state index in [4.69, 9.17) is 9.84 Å². The van der Waals surface area contributed by atoms with Crippen LogP contribution in [0.5, 0.6) is 5.75 Å². The van der Waals surface area contributed by atoms with Gasteiger partial charge in [0, 0.05) is 13.2 Å². The fourth-order valence-corrected chi connectivity index (χ4v) is 1.78. The fourth-order valence-electron chi connectivity index (χ4n) is 1.78. The molecule has 19 heavy (non-hydrogen) atoms. The third-order valence-corrected chi connectivity index (χ3v) is 2.79. The molecule has 0 saturated carbocycles. The van der Waals surface area contributed by atoms with Crippen LogP contribution >= 0.6 is 0 Å². The van der Waals surface area contributed by atoms with Gasteiger partial charge in [-0.15, -0.1) is 0 Å². The summed E-state index contributed by atoms with van der Waals surface area (Å²) >= 11 is 0. The van der Waals surface area contributed by atoms with Crippen molar-refractivity contribution in [2.45, 2.75) is 25.7 Å². The molecule has 0 unspecified atom stereocenters. The van der Waals surface area contributed by atoms with E-state index >= 15 is 0 Å². The van der Waals surface area contributed by atoms with Gasteiger partial charge < -0.3 is 15.2 Å². The first-order valence-electron chi connectivity index (χ1n) is 6.42. The Morgan fingerprint density at radius 2 is 2.05 bits per heavy atom. The maximum Gasteiger partial charge on any atom is 0.258 e. The second-order valence-electron chi connectivity index (χ2n) is 4.21. The smallest absolute Gasteiger partial charge is 0.258 e. The molecular formula is C14H20FNO3. The van der Waals surface area contributed by atoms with Crippen LogP contribution in [0.1, 0.15) is 36.0 Å². The SMILES string of the molecule is COc1cccc(F)c1C(=O)NCCCCCCO. The van der Waals surface area contributed by atoms with E-state index in [2.05, 4.69) is 5.32 Å². The highest BCUT2D eigenvalue weighted by Crippen LogP contribution is 2.20. The predicted octanol–water partition coefficient (Wildman–Crippen LogP) is 2.12. The van der Waals surface area contributed by atoms with E-state index in [1.165, 1.54) is 19.2 Å². The first-order chi connectivity index (χ1) is 9.20. The number of carbonyl (C=O) groups excluding carboxylic acids is 1. The number of aliphatic hydroxyl groups excluding tert-OH is 1. The number of unbranched alkanes of at least 4 members (excludes halogenated alkanes) is 3. The summed E-state index contributed by atoms with van der Waals surface area (Å²) in [6.07, 6.45) is 3.43. The molecular weight excluding hydrogens is 249 g/mol. The number of rotatable bonds is 8. The lowest BCUT2D eigenvalue weighted by atomic mass is 10.1. The summed E-state index contributed by atoms with van der Waals surface area (Å²) in [5.41, 5.74) is -0.0552. The number of hydrogen-bond acceptors (Lipinski definition) is 3. The number of nitrogens with one attached hydrogen (secondary N) is 1. The minimum absolute atomic E-state index is 0.0552. The average molecular weight is 269 g/mol. The van der Waals surface area contributed by atoms with Crippen molar-refractivity contribution in [3.63, 3.8) is 0 Å². The zero-order chi connectivity index (χ0) is 14.1. The third kappa shape index (κ3) is 4.87. The summed E-state index contributed by atoms with van der Waals surface area (Å²) in [6, 6.07) is 4.29. The Hall–Kier alpha value is -1.62. The average Bonchev–Trinajstić information content (AvgIpc) is 2.42. The Labute approximate surface area is 112 Å². The van der Waals surface area contributed by atoms with Gasteiger partial charge in [-0.1, -0.05) is 18.9 Å². The Balaban J connectivity index is 2.45. The Morgan fingerprint density at radius 1 is 1.32 bits per heavy atom. The molecule has 0 aromatic heterocycles. The molecule has 1 aromatic carbocycles. The van der Waals surface area contributed by atoms with E-state index in [0.29, 0.717) is 6.54 Å². The van der Waals surface area contributed by atoms with Crippen molar-refractivity contribution in [1.82, 2.24) is 5.32 Å². The number of ether oxygens (including phenoxy) is 1. The van der Waals surface area contributed by atoms with Crippen LogP contribution in [-0.4, -0.2) is 31.3 Å². The minimum atomic E-state index is -0.586. The highest BCUT2D eigenvalue weighted by atomic mass is 19.1. The summed E-state index contributed by atoms with van der Waals surface area (Å²) in [7, 11) is 1.40. The number of amides is 1. The molecule has 2 N–H and O–H groups in total. The van der Waals surface area contributed by atoms with Crippen molar-refractivity contribution in [3.8, 4) is 5.75 Å². The topological polar surface area (TPSA) is 58.6 Å². The summed E-state index contributed by atoms with van der Waals surface area (Å²) in [5.74, 6) is -0.813. The van der Waals surface area contributed by atoms with Gasteiger partial charge in [0.25, 0.3) is 5.91 Å². The second-order valence-corrected chi connectivity index (χ2v) is 4.21. The zero-order valence-corrected chi connectivity index (χ0v) is 11.1. The Morgan fingerprint density at radius 3 is 2.74 bits per heavy atom. The van der Waals surface area contributed by atoms with Crippen molar-refractivity contribution in [3.05, 3.63) is 29.6 Å². The number of halogens is 1. The van der Waals surface area contributed by atoms with E-state index in [1.54, 1.807) is 6.07 Å². The Bertz CT molecular complexity index is 410. The summed E-state index contributed by atoms with van der Waals surface area (Å²) in [4.78, 5) is 11.9. The minimum Gasteiger partial charge on any atom is -0.496 e. The van der Waals surface area contributed by atoms with Crippen LogP contribution in [0, 0.1) is 5.82 Å². The maximum absolute atomic E-state index is 13.6. The van der Waals surface area contributed by atoms with Crippen molar-refractivity contribution in [2.24, 2.45) is 0 Å². The van der Waals surface area contributed by atoms with Gasteiger partial charge in [-0.3, -0.25) is 4.79 Å². The van der Waals surface area contributed by atoms with Gasteiger partial charge in [-0.2, -0.15) is 0 Å². The van der Waals surface area contributed by atoms with Gasteiger partial charge in [0.2, 0.25) is 0 Å². The molecule has 106 valence electrons. The number of hydrogen-bond donors (Lipinski definition) is 2. The normalized spacial score (nSPS) is 10.3. The number of benzene rings is 1. The summed E-state index contributed by atoms with van der Waals surface area (Å²) in [6.45, 7) is 0.681. The van der Waals surface area contributed by atoms with E-state index < -0.39 is 11.7 Å². The Kier molecular flexibility index (Phi) is 6.89. The predicted molar refractivity (Wildman–Crippen MR) is 70.8 cm³/mol. The van der Waals surface area contributed by atoms with Crippen LogP contribution in [0.15, 0.2) is 18.2 Å². The number of aliphatic hydroxyl groups is 1. The summed E-state index contributed by atoms with van der Waals surface area (Å²) < 4.78 is 18.6. The van der Waals surface area contributed by atoms with E-state index in [1.807, 2.05) is 0 Å². The van der Waals surface area contributed by atoms with Crippen molar-refractivity contribution >= 4 is 5.91 Å². The van der Waals surface area contributed by atoms with Crippen LogP contribution in [0.4, 0.5) is 4.39 Å². The van der Waals surface area contributed by atoms with E-state index in [9.17, 15) is 9.18 Å². The highest BCUT2D eigenvalue weighted by molar-refractivity contribution is 5.97. The lowest BCUT2D eigenvalue weighted by molar-refractivity contribution is 0.0945. The van der Waals surface area contributed by atoms with Gasteiger partial charge >= 0.3 is 0 Å². The lowest BCUT2D eigenvalue weighted by Gasteiger charge is -2.10. The molecule has 0 bridgehead atoms. The quantitative estimate of drug-likeness (QED) is 0.711. The molecule has 0 aliphatic rings. The molecule has 0 atom stereocenters. The lowest BCUT2D eigenvalue weighted by Crippen LogP contribution is -2.26. The molecule has 0 fully saturated rings. The molecule has 0 spiro atoms. The molecule has 1 rings (SSSR count). The van der Waals surface area contributed by atoms with Gasteiger partial charge in [0.1, 0.15) is 17.1 Å². The van der Waals surface area contributed by atoms with Crippen LogP contribution in [0.25, 0.3) is 0 Å². The van der Waals surface area contributed by atoms with Gasteiger partial charge in [-0.05, 0) is 25.0 Å². The molecule has 5 heteroatoms. The van der Waals surface area contributed by atoms with Crippen LogP contribution < -0.4 is 10.1 Å². The van der Waals surface area contributed by atoms with Gasteiger partial charge in [-0.25, -0.2) is 4.39 Å². The molecule has 1 aromatic rings. The molecule has 4 nitrogen and oxygen atoms in total. The van der Waals surface area contributed by atoms with Crippen molar-refractivity contribution in [1.29, 1.82) is 0 Å². The molecule has 0 heterocycles. The largest absolute Gasteiger partial charge is 0.496 e. The first kappa shape index (κ1) is 15.4. The molecule has 0 radical (unpaired) electrons. The van der Waals surface area contributed by atoms with Gasteiger partial charge in [0.05, 0.1) is 7.11 Å². The van der Waals surface area contributed by atoms with Gasteiger partial charge in [0.15, 0.2) is 0 Å². The molecule has 0 saturated heterocycles. The second kappa shape index (κ2) is 8.48. The number of carbonyl (C=O) groups is 1. The standard InChI is InChI=1S/C14H20FNO3/c1-19-12-8-6-7-11(15)13(12)14(18)16-9-4-2-3-5-10-17/h6-8,17H,2-5,9-10H2,1H3,(H,16,18). The van der Waals surface area contributed by atoms with Crippen LogP contribution in [0.2, 0.25) is 0 Å². The van der Waals surface area contributed by atoms with E-state index in [0.717, 1.165) is 25.7 Å². The van der Waals surface area contributed by atoms with Crippen LogP contribution in [0.3, 0.4) is 0 Å².